The molecule has 1 heterocycles. The number of hydrogen-bond donors (Lipinski definition) is 1. The van der Waals surface area contributed by atoms with Crippen molar-refractivity contribution >= 4 is 17.5 Å². The molecule has 0 radical (unpaired) electrons. The molecule has 2 rings (SSSR count). The Kier molecular flexibility index (Phi) is 4.22. The Morgan fingerprint density at radius 3 is 2.63 bits per heavy atom. The van der Waals surface area contributed by atoms with Gasteiger partial charge in [-0.25, -0.2) is 0 Å². The summed E-state index contributed by atoms with van der Waals surface area (Å²) >= 11 is 6.04. The van der Waals surface area contributed by atoms with Gasteiger partial charge in [-0.05, 0) is 26.0 Å². The average molecular weight is 278 g/mol. The van der Waals surface area contributed by atoms with Crippen LogP contribution in [0.2, 0.25) is 5.02 Å². The predicted octanol–water partition coefficient (Wildman–Crippen LogP) is 2.79. The number of nitrogens with one attached hydrogen (secondary N) is 1. The second-order valence-corrected chi connectivity index (χ2v) is 4.74. The molecule has 0 aliphatic carbocycles. The van der Waals surface area contributed by atoms with E-state index >= 15 is 0 Å². The third kappa shape index (κ3) is 3.35. The van der Waals surface area contributed by atoms with E-state index in [0.29, 0.717) is 22.8 Å². The Morgan fingerprint density at radius 1 is 1.37 bits per heavy atom. The molecular weight excluding hydrogens is 262 g/mol. The largest absolute Gasteiger partial charge is 0.346 e. The molecule has 1 aromatic heterocycles. The van der Waals surface area contributed by atoms with E-state index in [2.05, 4.69) is 10.4 Å². The summed E-state index contributed by atoms with van der Waals surface area (Å²) in [6.45, 7) is 5.06. The summed E-state index contributed by atoms with van der Waals surface area (Å²) in [7, 11) is 0. The number of rotatable bonds is 4. The lowest BCUT2D eigenvalue weighted by Gasteiger charge is -2.04. The summed E-state index contributed by atoms with van der Waals surface area (Å²) < 4.78 is 1.75. The highest BCUT2D eigenvalue weighted by Crippen LogP contribution is 2.13. The number of benzene rings is 1. The standard InChI is InChI=1S/C14H16ClN3O/c1-3-18-9-12(15)13(17-18)8-16-14(19)11-6-4-10(2)5-7-11/h4-7,9H,3,8H2,1-2H3,(H,16,19). The van der Waals surface area contributed by atoms with E-state index in [-0.39, 0.29) is 5.91 Å². The zero-order valence-corrected chi connectivity index (χ0v) is 11.7. The number of aromatic nitrogens is 2. The van der Waals surface area contributed by atoms with E-state index in [0.717, 1.165) is 12.1 Å². The van der Waals surface area contributed by atoms with Gasteiger partial charge in [-0.15, -0.1) is 0 Å². The van der Waals surface area contributed by atoms with Crippen molar-refractivity contribution in [2.45, 2.75) is 26.9 Å². The molecule has 0 aliphatic heterocycles. The zero-order chi connectivity index (χ0) is 13.8. The Balaban J connectivity index is 2.00. The molecule has 0 fully saturated rings. The van der Waals surface area contributed by atoms with Crippen LogP contribution in [0.5, 0.6) is 0 Å². The number of nitrogens with zero attached hydrogens (tertiary/aromatic N) is 2. The van der Waals surface area contributed by atoms with E-state index in [4.69, 9.17) is 11.6 Å². The highest BCUT2D eigenvalue weighted by Gasteiger charge is 2.09. The molecule has 0 unspecified atom stereocenters. The maximum absolute atomic E-state index is 11.9. The van der Waals surface area contributed by atoms with Crippen LogP contribution in [0, 0.1) is 6.92 Å². The second kappa shape index (κ2) is 5.89. The summed E-state index contributed by atoms with van der Waals surface area (Å²) in [5.74, 6) is -0.123. The maximum atomic E-state index is 11.9. The van der Waals surface area contributed by atoms with Gasteiger partial charge >= 0.3 is 0 Å². The molecule has 0 saturated carbocycles. The van der Waals surface area contributed by atoms with Crippen LogP contribution in [0.3, 0.4) is 0 Å². The lowest BCUT2D eigenvalue weighted by molar-refractivity contribution is 0.0950. The van der Waals surface area contributed by atoms with Crippen LogP contribution < -0.4 is 5.32 Å². The van der Waals surface area contributed by atoms with Crippen LogP contribution in [0.25, 0.3) is 0 Å². The van der Waals surface area contributed by atoms with Crippen LogP contribution in [0.15, 0.2) is 30.5 Å². The van der Waals surface area contributed by atoms with Gasteiger partial charge in [-0.2, -0.15) is 5.10 Å². The van der Waals surface area contributed by atoms with Crippen molar-refractivity contribution in [3.05, 3.63) is 52.3 Å². The maximum Gasteiger partial charge on any atom is 0.251 e. The number of hydrogen-bond acceptors (Lipinski definition) is 2. The fourth-order valence-electron chi connectivity index (χ4n) is 1.69. The van der Waals surface area contributed by atoms with Gasteiger partial charge in [0.15, 0.2) is 0 Å². The van der Waals surface area contributed by atoms with Crippen LogP contribution >= 0.6 is 11.6 Å². The van der Waals surface area contributed by atoms with Crippen molar-refractivity contribution in [3.8, 4) is 0 Å². The molecule has 5 heteroatoms. The third-order valence-electron chi connectivity index (χ3n) is 2.84. The van der Waals surface area contributed by atoms with Crippen molar-refractivity contribution in [1.29, 1.82) is 0 Å². The quantitative estimate of drug-likeness (QED) is 0.934. The van der Waals surface area contributed by atoms with Crippen molar-refractivity contribution in [2.75, 3.05) is 0 Å². The first kappa shape index (κ1) is 13.6. The second-order valence-electron chi connectivity index (χ2n) is 4.33. The Morgan fingerprint density at radius 2 is 2.05 bits per heavy atom. The topological polar surface area (TPSA) is 46.9 Å². The zero-order valence-electron chi connectivity index (χ0n) is 11.0. The molecule has 1 N–H and O–H groups in total. The van der Waals surface area contributed by atoms with Gasteiger partial charge in [0.1, 0.15) is 5.69 Å². The molecule has 19 heavy (non-hydrogen) atoms. The van der Waals surface area contributed by atoms with E-state index in [1.165, 1.54) is 0 Å². The van der Waals surface area contributed by atoms with Crippen molar-refractivity contribution in [3.63, 3.8) is 0 Å². The Bertz CT molecular complexity index is 575. The number of carbonyl (C=O) groups is 1. The van der Waals surface area contributed by atoms with Gasteiger partial charge in [0, 0.05) is 18.3 Å². The molecule has 0 aliphatic rings. The van der Waals surface area contributed by atoms with Gasteiger partial charge in [0.05, 0.1) is 11.6 Å². The van der Waals surface area contributed by atoms with E-state index in [1.807, 2.05) is 26.0 Å². The van der Waals surface area contributed by atoms with E-state index in [1.54, 1.807) is 23.0 Å². The third-order valence-corrected chi connectivity index (χ3v) is 3.16. The number of halogens is 1. The summed E-state index contributed by atoms with van der Waals surface area (Å²) in [5.41, 5.74) is 2.45. The normalized spacial score (nSPS) is 10.5. The summed E-state index contributed by atoms with van der Waals surface area (Å²) in [6, 6.07) is 7.43. The summed E-state index contributed by atoms with van der Waals surface area (Å²) in [4.78, 5) is 11.9. The van der Waals surface area contributed by atoms with Gasteiger partial charge in [-0.3, -0.25) is 9.48 Å². The smallest absolute Gasteiger partial charge is 0.251 e. The number of aryl methyl sites for hydroxylation is 2. The lowest BCUT2D eigenvalue weighted by atomic mass is 10.1. The van der Waals surface area contributed by atoms with Gasteiger partial charge < -0.3 is 5.32 Å². The molecule has 1 amide bonds. The molecule has 4 nitrogen and oxygen atoms in total. The number of amides is 1. The Hall–Kier alpha value is -1.81. The van der Waals surface area contributed by atoms with Crippen LogP contribution in [-0.4, -0.2) is 15.7 Å². The fourth-order valence-corrected chi connectivity index (χ4v) is 1.91. The molecule has 2 aromatic rings. The van der Waals surface area contributed by atoms with E-state index in [9.17, 15) is 4.79 Å². The van der Waals surface area contributed by atoms with Crippen molar-refractivity contribution in [2.24, 2.45) is 0 Å². The van der Waals surface area contributed by atoms with Crippen LogP contribution in [0.4, 0.5) is 0 Å². The van der Waals surface area contributed by atoms with Gasteiger partial charge in [-0.1, -0.05) is 29.3 Å². The van der Waals surface area contributed by atoms with Crippen molar-refractivity contribution in [1.82, 2.24) is 15.1 Å². The molecule has 100 valence electrons. The SMILES string of the molecule is CCn1cc(Cl)c(CNC(=O)c2ccc(C)cc2)n1. The molecule has 1 aromatic carbocycles. The van der Waals surface area contributed by atoms with E-state index < -0.39 is 0 Å². The summed E-state index contributed by atoms with van der Waals surface area (Å²) in [5, 5.41) is 7.67. The van der Waals surface area contributed by atoms with Gasteiger partial charge in [0.2, 0.25) is 0 Å². The highest BCUT2D eigenvalue weighted by atomic mass is 35.5. The first-order chi connectivity index (χ1) is 9.10. The highest BCUT2D eigenvalue weighted by molar-refractivity contribution is 6.31. The first-order valence-electron chi connectivity index (χ1n) is 6.17. The van der Waals surface area contributed by atoms with Crippen LogP contribution in [-0.2, 0) is 13.1 Å². The summed E-state index contributed by atoms with van der Waals surface area (Å²) in [6.07, 6.45) is 1.76. The minimum atomic E-state index is -0.123. The minimum absolute atomic E-state index is 0.123. The van der Waals surface area contributed by atoms with Gasteiger partial charge in [0.25, 0.3) is 5.91 Å². The molecule has 0 saturated heterocycles. The predicted molar refractivity (Wildman–Crippen MR) is 75.3 cm³/mol. The monoisotopic (exact) mass is 277 g/mol. The fraction of sp³-hybridized carbons (Fsp3) is 0.286. The average Bonchev–Trinajstić information content (AvgIpc) is 2.77. The lowest BCUT2D eigenvalue weighted by Crippen LogP contribution is -2.23. The number of carbonyl (C=O) groups excluding carboxylic acids is 1. The first-order valence-corrected chi connectivity index (χ1v) is 6.54. The molecular formula is C14H16ClN3O. The Labute approximate surface area is 117 Å². The van der Waals surface area contributed by atoms with Crippen LogP contribution in [0.1, 0.15) is 28.5 Å². The molecule has 0 spiro atoms. The molecule has 0 bridgehead atoms. The molecule has 0 atom stereocenters. The van der Waals surface area contributed by atoms with Crippen molar-refractivity contribution < 1.29 is 4.79 Å². The minimum Gasteiger partial charge on any atom is -0.346 e.